The van der Waals surface area contributed by atoms with Crippen molar-refractivity contribution in [3.8, 4) is 0 Å². The van der Waals surface area contributed by atoms with Crippen LogP contribution in [-0.2, 0) is 9.47 Å². The van der Waals surface area contributed by atoms with E-state index in [4.69, 9.17) is 21.7 Å². The van der Waals surface area contributed by atoms with Crippen LogP contribution >= 0.6 is 12.2 Å². The Labute approximate surface area is 188 Å². The molecule has 0 aliphatic carbocycles. The molecule has 0 saturated heterocycles. The fourth-order valence-corrected chi connectivity index (χ4v) is 3.01. The summed E-state index contributed by atoms with van der Waals surface area (Å²) < 4.78 is 10.3. The molecule has 0 aromatic heterocycles. The van der Waals surface area contributed by atoms with Crippen LogP contribution in [0.15, 0.2) is 48.5 Å². The molecule has 7 nitrogen and oxygen atoms in total. The van der Waals surface area contributed by atoms with Gasteiger partial charge in [-0.05, 0) is 80.8 Å². The highest BCUT2D eigenvalue weighted by Gasteiger charge is 2.09. The van der Waals surface area contributed by atoms with E-state index < -0.39 is 0 Å². The van der Waals surface area contributed by atoms with Gasteiger partial charge in [-0.15, -0.1) is 0 Å². The number of carbonyl (C=O) groups excluding carboxylic acids is 2. The Bertz CT molecular complexity index is 865. The minimum Gasteiger partial charge on any atom is -0.462 e. The number of rotatable bonds is 10. The Kier molecular flexibility index (Phi) is 9.93. The molecular weight excluding hydrogens is 414 g/mol. The highest BCUT2D eigenvalue weighted by Crippen LogP contribution is 2.14. The first-order chi connectivity index (χ1) is 15.0. The summed E-state index contributed by atoms with van der Waals surface area (Å²) in [6.45, 7) is 9.20. The SMILES string of the molecule is CCOC(=O)c1ccc(NC(=S)Nc2ccc(C(=O)OCCN(CC)CC)cc2)cc1. The zero-order chi connectivity index (χ0) is 22.6. The zero-order valence-electron chi connectivity index (χ0n) is 18.1. The predicted molar refractivity (Wildman–Crippen MR) is 127 cm³/mol. The average molecular weight is 444 g/mol. The molecule has 31 heavy (non-hydrogen) atoms. The minimum absolute atomic E-state index is 0.333. The number of benzene rings is 2. The largest absolute Gasteiger partial charge is 0.462 e. The summed E-state index contributed by atoms with van der Waals surface area (Å²) in [6, 6.07) is 13.7. The van der Waals surface area contributed by atoms with E-state index in [0.717, 1.165) is 31.0 Å². The highest BCUT2D eigenvalue weighted by molar-refractivity contribution is 7.80. The number of thiocarbonyl (C=S) groups is 1. The molecular formula is C23H29N3O4S. The standard InChI is InChI=1S/C23H29N3O4S/c1-4-26(5-2)15-16-30-22(28)18-9-13-20(14-10-18)25-23(31)24-19-11-7-17(8-12-19)21(27)29-6-3/h7-14H,4-6,15-16H2,1-3H3,(H2,24,25,31). The van der Waals surface area contributed by atoms with Gasteiger partial charge in [-0.2, -0.15) is 0 Å². The third-order valence-corrected chi connectivity index (χ3v) is 4.77. The number of likely N-dealkylation sites (N-methyl/N-ethyl adjacent to an activating group) is 1. The third-order valence-electron chi connectivity index (χ3n) is 4.57. The molecule has 0 unspecified atom stereocenters. The summed E-state index contributed by atoms with van der Waals surface area (Å²) >= 11 is 5.32. The summed E-state index contributed by atoms with van der Waals surface area (Å²) in [7, 11) is 0. The van der Waals surface area contributed by atoms with E-state index in [1.807, 2.05) is 0 Å². The van der Waals surface area contributed by atoms with Crippen molar-refractivity contribution in [1.82, 2.24) is 4.90 Å². The molecule has 2 rings (SSSR count). The quantitative estimate of drug-likeness (QED) is 0.418. The third kappa shape index (κ3) is 7.99. The molecule has 2 N–H and O–H groups in total. The van der Waals surface area contributed by atoms with Crippen LogP contribution in [0.2, 0.25) is 0 Å². The minimum atomic E-state index is -0.360. The Balaban J connectivity index is 1.83. The van der Waals surface area contributed by atoms with Gasteiger partial charge in [0.05, 0.1) is 17.7 Å². The molecule has 0 saturated carbocycles. The second-order valence-electron chi connectivity index (χ2n) is 6.62. The zero-order valence-corrected chi connectivity index (χ0v) is 19.0. The fourth-order valence-electron chi connectivity index (χ4n) is 2.78. The van der Waals surface area contributed by atoms with Crippen LogP contribution in [-0.4, -0.2) is 54.8 Å². The van der Waals surface area contributed by atoms with E-state index in [1.54, 1.807) is 55.5 Å². The number of esters is 2. The maximum Gasteiger partial charge on any atom is 0.338 e. The van der Waals surface area contributed by atoms with Crippen LogP contribution in [0, 0.1) is 0 Å². The Hall–Kier alpha value is -2.97. The van der Waals surface area contributed by atoms with Gasteiger partial charge < -0.3 is 25.0 Å². The second kappa shape index (κ2) is 12.7. The molecule has 166 valence electrons. The number of nitrogens with zero attached hydrogens (tertiary/aromatic N) is 1. The molecule has 8 heteroatoms. The van der Waals surface area contributed by atoms with Gasteiger partial charge in [0.1, 0.15) is 6.61 Å². The summed E-state index contributed by atoms with van der Waals surface area (Å²) in [5.41, 5.74) is 2.43. The molecule has 0 fully saturated rings. The van der Waals surface area contributed by atoms with Gasteiger partial charge in [0.15, 0.2) is 5.11 Å². The number of nitrogens with one attached hydrogen (secondary N) is 2. The Morgan fingerprint density at radius 3 is 1.68 bits per heavy atom. The predicted octanol–water partition coefficient (Wildman–Crippen LogP) is 4.17. The van der Waals surface area contributed by atoms with Crippen molar-refractivity contribution < 1.29 is 19.1 Å². The summed E-state index contributed by atoms with van der Waals surface area (Å²) in [4.78, 5) is 26.0. The van der Waals surface area contributed by atoms with Gasteiger partial charge in [0, 0.05) is 17.9 Å². The lowest BCUT2D eigenvalue weighted by atomic mass is 10.2. The molecule has 0 radical (unpaired) electrons. The molecule has 0 atom stereocenters. The van der Waals surface area contributed by atoms with Crippen LogP contribution < -0.4 is 10.6 Å². The van der Waals surface area contributed by atoms with Crippen LogP contribution in [0.25, 0.3) is 0 Å². The number of carbonyl (C=O) groups is 2. The van der Waals surface area contributed by atoms with Crippen LogP contribution in [0.5, 0.6) is 0 Å². The van der Waals surface area contributed by atoms with Gasteiger partial charge in [-0.3, -0.25) is 0 Å². The summed E-state index contributed by atoms with van der Waals surface area (Å²) in [5, 5.41) is 6.49. The summed E-state index contributed by atoms with van der Waals surface area (Å²) in [6.07, 6.45) is 0. The van der Waals surface area contributed by atoms with Gasteiger partial charge in [-0.1, -0.05) is 13.8 Å². The summed E-state index contributed by atoms with van der Waals surface area (Å²) in [5.74, 6) is -0.706. The topological polar surface area (TPSA) is 79.9 Å². The van der Waals surface area contributed by atoms with Crippen molar-refractivity contribution in [3.05, 3.63) is 59.7 Å². The maximum atomic E-state index is 12.2. The first-order valence-corrected chi connectivity index (χ1v) is 10.7. The van der Waals surface area contributed by atoms with Crippen molar-refractivity contribution in [3.63, 3.8) is 0 Å². The first-order valence-electron chi connectivity index (χ1n) is 10.3. The molecule has 0 spiro atoms. The van der Waals surface area contributed by atoms with Crippen molar-refractivity contribution in [2.45, 2.75) is 20.8 Å². The van der Waals surface area contributed by atoms with Crippen LogP contribution in [0.1, 0.15) is 41.5 Å². The number of hydrogen-bond donors (Lipinski definition) is 2. The van der Waals surface area contributed by atoms with Gasteiger partial charge in [0.25, 0.3) is 0 Å². The normalized spacial score (nSPS) is 10.5. The van der Waals surface area contributed by atoms with Gasteiger partial charge >= 0.3 is 11.9 Å². The van der Waals surface area contributed by atoms with E-state index in [2.05, 4.69) is 29.4 Å². The molecule has 0 aliphatic heterocycles. The van der Waals surface area contributed by atoms with Gasteiger partial charge in [0.2, 0.25) is 0 Å². The van der Waals surface area contributed by atoms with E-state index in [-0.39, 0.29) is 11.9 Å². The molecule has 0 bridgehead atoms. The maximum absolute atomic E-state index is 12.2. The van der Waals surface area contributed by atoms with E-state index in [1.165, 1.54) is 0 Å². The smallest absolute Gasteiger partial charge is 0.338 e. The molecule has 2 aromatic carbocycles. The van der Waals surface area contributed by atoms with Crippen molar-refractivity contribution >= 4 is 40.6 Å². The molecule has 0 amide bonds. The molecule has 2 aromatic rings. The van der Waals surface area contributed by atoms with Crippen molar-refractivity contribution in [2.24, 2.45) is 0 Å². The van der Waals surface area contributed by atoms with E-state index in [0.29, 0.717) is 29.5 Å². The fraction of sp³-hybridized carbons (Fsp3) is 0.348. The molecule has 0 heterocycles. The number of hydrogen-bond acceptors (Lipinski definition) is 6. The van der Waals surface area contributed by atoms with Crippen molar-refractivity contribution in [1.29, 1.82) is 0 Å². The van der Waals surface area contributed by atoms with Crippen LogP contribution in [0.4, 0.5) is 11.4 Å². The van der Waals surface area contributed by atoms with Gasteiger partial charge in [-0.25, -0.2) is 9.59 Å². The monoisotopic (exact) mass is 443 g/mol. The van der Waals surface area contributed by atoms with E-state index in [9.17, 15) is 9.59 Å². The molecule has 0 aliphatic rings. The lowest BCUT2D eigenvalue weighted by Crippen LogP contribution is -2.27. The van der Waals surface area contributed by atoms with Crippen molar-refractivity contribution in [2.75, 3.05) is 43.5 Å². The number of anilines is 2. The van der Waals surface area contributed by atoms with Crippen LogP contribution in [0.3, 0.4) is 0 Å². The Morgan fingerprint density at radius 2 is 1.26 bits per heavy atom. The lowest BCUT2D eigenvalue weighted by molar-refractivity contribution is 0.0465. The Morgan fingerprint density at radius 1 is 0.806 bits per heavy atom. The average Bonchev–Trinajstić information content (AvgIpc) is 2.77. The second-order valence-corrected chi connectivity index (χ2v) is 7.03. The highest BCUT2D eigenvalue weighted by atomic mass is 32.1. The first kappa shape index (κ1) is 24.3. The van der Waals surface area contributed by atoms with E-state index >= 15 is 0 Å². The lowest BCUT2D eigenvalue weighted by Gasteiger charge is -2.17. The number of ether oxygens (including phenoxy) is 2.